The highest BCUT2D eigenvalue weighted by atomic mass is 35.5. The molecule has 0 radical (unpaired) electrons. The maximum Gasteiger partial charge on any atom is 0.216 e. The monoisotopic (exact) mass is 334 g/mol. The van der Waals surface area contributed by atoms with E-state index in [0.29, 0.717) is 45.6 Å². The summed E-state index contributed by atoms with van der Waals surface area (Å²) in [6, 6.07) is 4.72. The third-order valence-corrected chi connectivity index (χ3v) is 3.92. The summed E-state index contributed by atoms with van der Waals surface area (Å²) < 4.78 is 2.39. The number of hydrogen-bond donors (Lipinski definition) is 2. The molecule has 0 spiro atoms. The number of halogens is 1. The van der Waals surface area contributed by atoms with Crippen molar-refractivity contribution in [1.29, 1.82) is 0 Å². The maximum atomic E-state index is 12.8. The smallest absolute Gasteiger partial charge is 0.216 e. The van der Waals surface area contributed by atoms with Crippen LogP contribution >= 0.6 is 11.6 Å². The Labute approximate surface area is 136 Å². The van der Waals surface area contributed by atoms with Gasteiger partial charge in [0.2, 0.25) is 11.3 Å². The van der Waals surface area contributed by atoms with Crippen LogP contribution in [0, 0.1) is 0 Å². The van der Waals surface area contributed by atoms with Crippen LogP contribution in [-0.4, -0.2) is 32.2 Å². The molecule has 0 aliphatic carbocycles. The van der Waals surface area contributed by atoms with E-state index in [0.717, 1.165) is 4.73 Å². The largest absolute Gasteiger partial charge is 0.426 e. The number of aromatic nitrogens is 3. The number of benzene rings is 1. The molecular formula is C15H15ClN4O3. The highest BCUT2D eigenvalue weighted by Crippen LogP contribution is 2.22. The Morgan fingerprint density at radius 3 is 2.87 bits per heavy atom. The number of carbonyl (C=O) groups excluding carboxylic acids is 1. The summed E-state index contributed by atoms with van der Waals surface area (Å²) >= 11 is 5.96. The van der Waals surface area contributed by atoms with Crippen LogP contribution in [0.2, 0.25) is 5.02 Å². The summed E-state index contributed by atoms with van der Waals surface area (Å²) in [6.07, 6.45) is 0.387. The first-order valence-corrected chi connectivity index (χ1v) is 7.41. The van der Waals surface area contributed by atoms with Gasteiger partial charge in [-0.3, -0.25) is 9.59 Å². The summed E-state index contributed by atoms with van der Waals surface area (Å²) in [5.41, 5.74) is 0.950. The van der Waals surface area contributed by atoms with E-state index >= 15 is 0 Å². The molecule has 0 saturated heterocycles. The first-order chi connectivity index (χ1) is 10.9. The molecular weight excluding hydrogens is 320 g/mol. The lowest BCUT2D eigenvalue weighted by Crippen LogP contribution is -2.23. The van der Waals surface area contributed by atoms with E-state index in [4.69, 9.17) is 11.6 Å². The van der Waals surface area contributed by atoms with Crippen LogP contribution in [0.1, 0.15) is 12.6 Å². The molecule has 1 amide bonds. The predicted octanol–water partition coefficient (Wildman–Crippen LogP) is 1.46. The molecule has 8 heteroatoms. The van der Waals surface area contributed by atoms with Crippen LogP contribution in [-0.2, 0) is 18.3 Å². The minimum Gasteiger partial charge on any atom is -0.426 e. The van der Waals surface area contributed by atoms with Crippen LogP contribution in [0.5, 0.6) is 0 Å². The molecule has 2 aromatic heterocycles. The van der Waals surface area contributed by atoms with E-state index in [9.17, 15) is 14.8 Å². The third kappa shape index (κ3) is 2.53. The molecule has 23 heavy (non-hydrogen) atoms. The molecule has 0 fully saturated rings. The van der Waals surface area contributed by atoms with Crippen LogP contribution in [0.15, 0.2) is 23.0 Å². The zero-order valence-electron chi connectivity index (χ0n) is 12.6. The van der Waals surface area contributed by atoms with Crippen LogP contribution in [0.25, 0.3) is 21.9 Å². The molecule has 0 aliphatic heterocycles. The lowest BCUT2D eigenvalue weighted by Gasteiger charge is -2.07. The normalized spacial score (nSPS) is 11.3. The van der Waals surface area contributed by atoms with Crippen molar-refractivity contribution in [1.82, 2.24) is 19.8 Å². The highest BCUT2D eigenvalue weighted by molar-refractivity contribution is 6.31. The summed E-state index contributed by atoms with van der Waals surface area (Å²) in [5, 5.41) is 18.5. The molecule has 120 valence electrons. The summed E-state index contributed by atoms with van der Waals surface area (Å²) in [4.78, 5) is 23.8. The Morgan fingerprint density at radius 1 is 1.43 bits per heavy atom. The van der Waals surface area contributed by atoms with Gasteiger partial charge in [-0.2, -0.15) is 9.83 Å². The van der Waals surface area contributed by atoms with Gasteiger partial charge < -0.3 is 10.5 Å². The van der Waals surface area contributed by atoms with Crippen molar-refractivity contribution in [3.05, 3.63) is 39.1 Å². The van der Waals surface area contributed by atoms with E-state index < -0.39 is 0 Å². The van der Waals surface area contributed by atoms with Gasteiger partial charge in [0, 0.05) is 32.0 Å². The van der Waals surface area contributed by atoms with Gasteiger partial charge in [0.15, 0.2) is 5.65 Å². The van der Waals surface area contributed by atoms with Crippen molar-refractivity contribution in [2.24, 2.45) is 7.05 Å². The minimum absolute atomic E-state index is 0.151. The number of aryl methyl sites for hydroxylation is 1. The zero-order chi connectivity index (χ0) is 16.7. The Hall–Kier alpha value is -2.54. The standard InChI is InChI=1S/C15H15ClN4O3/c1-8(21)17-6-5-11-13-14(22)10-7-9(16)3-4-12(10)20(23)15(13)19(2)18-11/h3-4,7,23H,5-6H2,1-2H3,(H,17,21). The molecule has 3 rings (SSSR count). The van der Waals surface area contributed by atoms with Crippen LogP contribution in [0.4, 0.5) is 0 Å². The van der Waals surface area contributed by atoms with E-state index in [2.05, 4.69) is 10.4 Å². The number of amides is 1. The van der Waals surface area contributed by atoms with Crippen LogP contribution in [0.3, 0.4) is 0 Å². The van der Waals surface area contributed by atoms with Gasteiger partial charge in [0.1, 0.15) is 0 Å². The molecule has 0 bridgehead atoms. The van der Waals surface area contributed by atoms with E-state index in [1.807, 2.05) is 0 Å². The van der Waals surface area contributed by atoms with Crippen molar-refractivity contribution in [2.45, 2.75) is 13.3 Å². The summed E-state index contributed by atoms with van der Waals surface area (Å²) in [7, 11) is 1.65. The predicted molar refractivity (Wildman–Crippen MR) is 87.1 cm³/mol. The second-order valence-electron chi connectivity index (χ2n) is 5.30. The first kappa shape index (κ1) is 15.4. The molecule has 2 N–H and O–H groups in total. The van der Waals surface area contributed by atoms with Crippen molar-refractivity contribution >= 4 is 39.4 Å². The minimum atomic E-state index is -0.242. The number of nitrogens with one attached hydrogen (secondary N) is 1. The number of rotatable bonds is 3. The van der Waals surface area contributed by atoms with Crippen molar-refractivity contribution in [2.75, 3.05) is 6.54 Å². The average molecular weight is 335 g/mol. The first-order valence-electron chi connectivity index (χ1n) is 7.03. The van der Waals surface area contributed by atoms with Gasteiger partial charge in [-0.1, -0.05) is 11.6 Å². The summed E-state index contributed by atoms with van der Waals surface area (Å²) in [5.74, 6) is -0.151. The van der Waals surface area contributed by atoms with Gasteiger partial charge in [0.05, 0.1) is 22.0 Å². The highest BCUT2D eigenvalue weighted by Gasteiger charge is 2.19. The zero-order valence-corrected chi connectivity index (χ0v) is 13.4. The Balaban J connectivity index is 2.26. The van der Waals surface area contributed by atoms with Crippen molar-refractivity contribution in [3.8, 4) is 0 Å². The SMILES string of the molecule is CC(=O)NCCc1nn(C)c2c1c(=O)c1cc(Cl)ccc1n2O. The Bertz CT molecular complexity index is 990. The maximum absolute atomic E-state index is 12.8. The third-order valence-electron chi connectivity index (χ3n) is 3.68. The lowest BCUT2D eigenvalue weighted by molar-refractivity contribution is -0.118. The quantitative estimate of drug-likeness (QED) is 0.710. The molecule has 0 aliphatic rings. The molecule has 2 heterocycles. The van der Waals surface area contributed by atoms with E-state index in [-0.39, 0.29) is 11.3 Å². The van der Waals surface area contributed by atoms with Crippen LogP contribution < -0.4 is 10.7 Å². The number of hydrogen-bond acceptors (Lipinski definition) is 4. The van der Waals surface area contributed by atoms with Gasteiger partial charge in [-0.15, -0.1) is 0 Å². The molecule has 0 saturated carbocycles. The molecule has 1 aromatic carbocycles. The molecule has 0 unspecified atom stereocenters. The topological polar surface area (TPSA) is 89.2 Å². The number of nitrogens with zero attached hydrogens (tertiary/aromatic N) is 3. The van der Waals surface area contributed by atoms with Gasteiger partial charge >= 0.3 is 0 Å². The fraction of sp³-hybridized carbons (Fsp3) is 0.267. The second-order valence-corrected chi connectivity index (χ2v) is 5.74. The number of pyridine rings is 1. The second kappa shape index (κ2) is 5.58. The van der Waals surface area contributed by atoms with Gasteiger partial charge in [-0.05, 0) is 18.2 Å². The van der Waals surface area contributed by atoms with E-state index in [1.54, 1.807) is 19.2 Å². The van der Waals surface area contributed by atoms with Crippen molar-refractivity contribution < 1.29 is 10.0 Å². The fourth-order valence-corrected chi connectivity index (χ4v) is 2.87. The average Bonchev–Trinajstić information content (AvgIpc) is 2.81. The van der Waals surface area contributed by atoms with Gasteiger partial charge in [-0.25, -0.2) is 4.68 Å². The number of fused-ring (bicyclic) bond motifs is 2. The van der Waals surface area contributed by atoms with Gasteiger partial charge in [0.25, 0.3) is 0 Å². The lowest BCUT2D eigenvalue weighted by atomic mass is 10.1. The summed E-state index contributed by atoms with van der Waals surface area (Å²) in [6.45, 7) is 1.78. The van der Waals surface area contributed by atoms with Crippen molar-refractivity contribution in [3.63, 3.8) is 0 Å². The molecule has 3 aromatic rings. The Morgan fingerprint density at radius 2 is 2.17 bits per heavy atom. The molecule has 7 nitrogen and oxygen atoms in total. The number of carbonyl (C=O) groups is 1. The molecule has 0 atom stereocenters. The fourth-order valence-electron chi connectivity index (χ4n) is 2.70. The Kier molecular flexibility index (Phi) is 3.73. The van der Waals surface area contributed by atoms with E-state index in [1.165, 1.54) is 17.7 Å².